The van der Waals surface area contributed by atoms with Crippen molar-refractivity contribution >= 4 is 23.4 Å². The van der Waals surface area contributed by atoms with Crippen molar-refractivity contribution in [1.29, 1.82) is 5.26 Å². The standard InChI is InChI=1S/C21H26N8O/c1-20-10-28(11-21(20,2)13-29(12-20)18(30)14-4-5-14)17-15(6-22)7-23-19(26-17)25-16-8-24-27(3)9-16/h7-9,14H,4-5,10-13H2,1-3H3,(H,23,25,26)/t20-,21+. The minimum atomic E-state index is -0.0355. The third kappa shape index (κ3) is 2.98. The highest BCUT2D eigenvalue weighted by Crippen LogP contribution is 2.53. The Kier molecular flexibility index (Phi) is 4.04. The van der Waals surface area contributed by atoms with Crippen molar-refractivity contribution in [3.63, 3.8) is 0 Å². The van der Waals surface area contributed by atoms with Crippen LogP contribution in [0, 0.1) is 28.1 Å². The normalized spacial score (nSPS) is 27.8. The fourth-order valence-electron chi connectivity index (χ4n) is 4.92. The number of anilines is 3. The molecule has 1 aliphatic carbocycles. The number of hydrogen-bond donors (Lipinski definition) is 1. The molecule has 3 fully saturated rings. The van der Waals surface area contributed by atoms with Crippen molar-refractivity contribution in [2.24, 2.45) is 23.8 Å². The van der Waals surface area contributed by atoms with Crippen LogP contribution in [0.5, 0.6) is 0 Å². The van der Waals surface area contributed by atoms with E-state index < -0.39 is 0 Å². The van der Waals surface area contributed by atoms with Crippen LogP contribution >= 0.6 is 0 Å². The molecule has 30 heavy (non-hydrogen) atoms. The number of aromatic nitrogens is 4. The zero-order valence-electron chi connectivity index (χ0n) is 17.6. The molecule has 3 aliphatic rings. The van der Waals surface area contributed by atoms with Gasteiger partial charge in [-0.15, -0.1) is 0 Å². The second-order valence-corrected chi connectivity index (χ2v) is 9.52. The highest BCUT2D eigenvalue weighted by atomic mass is 16.2. The first-order chi connectivity index (χ1) is 14.3. The molecule has 2 aromatic rings. The lowest BCUT2D eigenvalue weighted by Crippen LogP contribution is -2.37. The number of amides is 1. The molecule has 0 spiro atoms. The van der Waals surface area contributed by atoms with E-state index in [4.69, 9.17) is 0 Å². The maximum atomic E-state index is 12.6. The molecular weight excluding hydrogens is 380 g/mol. The van der Waals surface area contributed by atoms with E-state index >= 15 is 0 Å². The van der Waals surface area contributed by atoms with Gasteiger partial charge in [0.05, 0.1) is 18.1 Å². The van der Waals surface area contributed by atoms with Crippen molar-refractivity contribution in [3.8, 4) is 6.07 Å². The fourth-order valence-corrected chi connectivity index (χ4v) is 4.92. The third-order valence-corrected chi connectivity index (χ3v) is 7.00. The van der Waals surface area contributed by atoms with Crippen LogP contribution in [0.2, 0.25) is 0 Å². The average Bonchev–Trinajstić information content (AvgIpc) is 3.36. The van der Waals surface area contributed by atoms with Gasteiger partial charge in [-0.25, -0.2) is 4.98 Å². The van der Waals surface area contributed by atoms with Gasteiger partial charge >= 0.3 is 0 Å². The Labute approximate surface area is 175 Å². The topological polar surface area (TPSA) is 103 Å². The number of aryl methyl sites for hydroxylation is 1. The number of fused-ring (bicyclic) bond motifs is 1. The summed E-state index contributed by atoms with van der Waals surface area (Å²) < 4.78 is 1.70. The molecule has 2 atom stereocenters. The predicted octanol–water partition coefficient (Wildman–Crippen LogP) is 1.91. The molecule has 0 aromatic carbocycles. The van der Waals surface area contributed by atoms with E-state index in [1.165, 1.54) is 0 Å². The van der Waals surface area contributed by atoms with Crippen molar-refractivity contribution in [2.45, 2.75) is 26.7 Å². The van der Waals surface area contributed by atoms with Crippen molar-refractivity contribution in [2.75, 3.05) is 36.4 Å². The summed E-state index contributed by atoms with van der Waals surface area (Å²) >= 11 is 0. The lowest BCUT2D eigenvalue weighted by Gasteiger charge is -2.29. The van der Waals surface area contributed by atoms with Crippen LogP contribution in [0.4, 0.5) is 17.5 Å². The molecule has 0 unspecified atom stereocenters. The Morgan fingerprint density at radius 3 is 2.47 bits per heavy atom. The van der Waals surface area contributed by atoms with Crippen LogP contribution in [-0.2, 0) is 11.8 Å². The van der Waals surface area contributed by atoms with Crippen LogP contribution in [0.3, 0.4) is 0 Å². The summed E-state index contributed by atoms with van der Waals surface area (Å²) in [4.78, 5) is 25.9. The molecule has 156 valence electrons. The van der Waals surface area contributed by atoms with E-state index in [9.17, 15) is 10.1 Å². The van der Waals surface area contributed by atoms with Gasteiger partial charge in [0.2, 0.25) is 11.9 Å². The summed E-state index contributed by atoms with van der Waals surface area (Å²) in [6, 6.07) is 2.23. The molecule has 5 rings (SSSR count). The number of likely N-dealkylation sites (tertiary alicyclic amines) is 1. The molecule has 1 saturated carbocycles. The summed E-state index contributed by atoms with van der Waals surface area (Å²) in [5.74, 6) is 1.66. The minimum absolute atomic E-state index is 0.0355. The summed E-state index contributed by atoms with van der Waals surface area (Å²) in [7, 11) is 1.85. The first-order valence-corrected chi connectivity index (χ1v) is 10.4. The smallest absolute Gasteiger partial charge is 0.229 e. The van der Waals surface area contributed by atoms with Gasteiger partial charge in [-0.05, 0) is 12.8 Å². The Balaban J connectivity index is 1.39. The molecule has 2 aromatic heterocycles. The van der Waals surface area contributed by atoms with Crippen LogP contribution < -0.4 is 10.2 Å². The van der Waals surface area contributed by atoms with E-state index in [1.54, 1.807) is 17.1 Å². The summed E-state index contributed by atoms with van der Waals surface area (Å²) in [5, 5.41) is 16.9. The molecule has 1 N–H and O–H groups in total. The highest BCUT2D eigenvalue weighted by Gasteiger charge is 2.59. The predicted molar refractivity (Wildman–Crippen MR) is 111 cm³/mol. The molecular formula is C21H26N8O. The van der Waals surface area contributed by atoms with Gasteiger partial charge in [0.25, 0.3) is 0 Å². The monoisotopic (exact) mass is 406 g/mol. The number of hydrogen-bond acceptors (Lipinski definition) is 7. The third-order valence-electron chi connectivity index (χ3n) is 7.00. The molecule has 9 nitrogen and oxygen atoms in total. The lowest BCUT2D eigenvalue weighted by molar-refractivity contribution is -0.132. The number of nitrogens with zero attached hydrogens (tertiary/aromatic N) is 7. The SMILES string of the molecule is Cn1cc(Nc2ncc(C#N)c(N3C[C@]4(C)CN(C(=O)C5CC5)C[C@]4(C)C3)n2)cn1. The first kappa shape index (κ1) is 18.9. The molecule has 0 radical (unpaired) electrons. The minimum Gasteiger partial charge on any atom is -0.354 e. The fraction of sp³-hybridized carbons (Fsp3) is 0.571. The number of nitriles is 1. The maximum absolute atomic E-state index is 12.6. The number of carbonyl (C=O) groups is 1. The molecule has 4 heterocycles. The van der Waals surface area contributed by atoms with Crippen LogP contribution in [0.25, 0.3) is 0 Å². The quantitative estimate of drug-likeness (QED) is 0.827. The van der Waals surface area contributed by atoms with Crippen LogP contribution in [-0.4, -0.2) is 56.7 Å². The van der Waals surface area contributed by atoms with Crippen molar-refractivity contribution in [3.05, 3.63) is 24.2 Å². The van der Waals surface area contributed by atoms with E-state index in [0.29, 0.717) is 23.2 Å². The molecule has 9 heteroatoms. The zero-order chi connectivity index (χ0) is 21.1. The summed E-state index contributed by atoms with van der Waals surface area (Å²) in [6.07, 6.45) is 7.19. The second-order valence-electron chi connectivity index (χ2n) is 9.52. The van der Waals surface area contributed by atoms with Crippen molar-refractivity contribution in [1.82, 2.24) is 24.6 Å². The van der Waals surface area contributed by atoms with E-state index in [0.717, 1.165) is 44.7 Å². The van der Waals surface area contributed by atoms with Crippen LogP contribution in [0.15, 0.2) is 18.6 Å². The van der Waals surface area contributed by atoms with E-state index in [2.05, 4.69) is 50.1 Å². The molecule has 1 amide bonds. The molecule has 2 saturated heterocycles. The second kappa shape index (κ2) is 6.42. The van der Waals surface area contributed by atoms with Gasteiger partial charge < -0.3 is 15.1 Å². The van der Waals surface area contributed by atoms with Gasteiger partial charge in [-0.2, -0.15) is 15.3 Å². The van der Waals surface area contributed by atoms with Gasteiger partial charge in [0, 0.05) is 56.2 Å². The maximum Gasteiger partial charge on any atom is 0.229 e. The largest absolute Gasteiger partial charge is 0.354 e. The molecule has 0 bridgehead atoms. The Bertz CT molecular complexity index is 1030. The van der Waals surface area contributed by atoms with Crippen LogP contribution in [0.1, 0.15) is 32.3 Å². The van der Waals surface area contributed by atoms with Gasteiger partial charge in [-0.1, -0.05) is 13.8 Å². The van der Waals surface area contributed by atoms with Crippen molar-refractivity contribution < 1.29 is 4.79 Å². The lowest BCUT2D eigenvalue weighted by atomic mass is 9.71. The number of rotatable bonds is 4. The Hall–Kier alpha value is -3.15. The van der Waals surface area contributed by atoms with E-state index in [1.807, 2.05) is 13.2 Å². The summed E-state index contributed by atoms with van der Waals surface area (Å²) in [6.45, 7) is 7.57. The Morgan fingerprint density at radius 1 is 1.20 bits per heavy atom. The van der Waals surface area contributed by atoms with Gasteiger partial charge in [0.15, 0.2) is 5.82 Å². The summed E-state index contributed by atoms with van der Waals surface area (Å²) in [5.41, 5.74) is 1.18. The zero-order valence-corrected chi connectivity index (χ0v) is 17.6. The number of carbonyl (C=O) groups excluding carboxylic acids is 1. The number of nitrogens with one attached hydrogen (secondary N) is 1. The first-order valence-electron chi connectivity index (χ1n) is 10.4. The Morgan fingerprint density at radius 2 is 1.90 bits per heavy atom. The average molecular weight is 406 g/mol. The highest BCUT2D eigenvalue weighted by molar-refractivity contribution is 5.81. The van der Waals surface area contributed by atoms with Gasteiger partial charge in [0.1, 0.15) is 11.6 Å². The molecule has 2 aliphatic heterocycles. The van der Waals surface area contributed by atoms with Gasteiger partial charge in [-0.3, -0.25) is 9.48 Å². The van der Waals surface area contributed by atoms with E-state index in [-0.39, 0.29) is 16.7 Å².